The van der Waals surface area contributed by atoms with Crippen LogP contribution in [-0.2, 0) is 6.42 Å². The summed E-state index contributed by atoms with van der Waals surface area (Å²) in [7, 11) is 0. The Bertz CT molecular complexity index is 860. The summed E-state index contributed by atoms with van der Waals surface area (Å²) in [6, 6.07) is 7.14. The van der Waals surface area contributed by atoms with Gasteiger partial charge in [0.2, 0.25) is 0 Å². The van der Waals surface area contributed by atoms with E-state index in [1.165, 1.54) is 12.3 Å². The topological polar surface area (TPSA) is 80.4 Å². The average molecular weight is 363 g/mol. The average Bonchev–Trinajstić information content (AvgIpc) is 2.88. The minimum atomic E-state index is -0.428. The number of amides is 1. The summed E-state index contributed by atoms with van der Waals surface area (Å²) in [6.07, 6.45) is 2.16. The van der Waals surface area contributed by atoms with Crippen molar-refractivity contribution < 1.29 is 14.3 Å². The third-order valence-corrected chi connectivity index (χ3v) is 4.10. The third kappa shape index (κ3) is 3.96. The summed E-state index contributed by atoms with van der Waals surface area (Å²) < 4.78 is 11.7. The van der Waals surface area contributed by atoms with Gasteiger partial charge in [-0.1, -0.05) is 23.7 Å². The van der Waals surface area contributed by atoms with Crippen molar-refractivity contribution in [3.63, 3.8) is 0 Å². The van der Waals surface area contributed by atoms with Crippen LogP contribution < -0.4 is 20.3 Å². The van der Waals surface area contributed by atoms with Crippen LogP contribution >= 0.6 is 11.6 Å². The van der Waals surface area contributed by atoms with Crippen molar-refractivity contribution in [2.24, 2.45) is 0 Å². The van der Waals surface area contributed by atoms with Gasteiger partial charge in [-0.25, -0.2) is 0 Å². The number of nitrogens with one attached hydrogen (secondary N) is 2. The lowest BCUT2D eigenvalue weighted by Gasteiger charge is -2.18. The van der Waals surface area contributed by atoms with Gasteiger partial charge in [-0.05, 0) is 26.0 Å². The molecule has 2 N–H and O–H groups in total. The summed E-state index contributed by atoms with van der Waals surface area (Å²) >= 11 is 5.71. The van der Waals surface area contributed by atoms with E-state index in [4.69, 9.17) is 21.1 Å². The molecular weight excluding hydrogens is 344 g/mol. The molecule has 2 heterocycles. The van der Waals surface area contributed by atoms with E-state index >= 15 is 0 Å². The molecule has 0 spiro atoms. The Kier molecular flexibility index (Phi) is 4.72. The minimum Gasteiger partial charge on any atom is -0.488 e. The van der Waals surface area contributed by atoms with Gasteiger partial charge >= 0.3 is 0 Å². The van der Waals surface area contributed by atoms with Crippen LogP contribution in [0.3, 0.4) is 0 Å². The highest BCUT2D eigenvalue weighted by Gasteiger charge is 2.32. The number of hydrogen-bond acceptors (Lipinski definition) is 4. The zero-order valence-electron chi connectivity index (χ0n) is 14.0. The highest BCUT2D eigenvalue weighted by atomic mass is 35.5. The molecule has 7 heteroatoms. The molecule has 3 rings (SSSR count). The Balaban J connectivity index is 1.54. The molecule has 0 saturated carbocycles. The van der Waals surface area contributed by atoms with E-state index in [1.54, 1.807) is 0 Å². The standard InChI is InChI=1S/C18H19ClN2O4/c1-18(2)9-11-4-3-5-14(15(11)25-18)24-7-6-20-16(22)12-8-13(19)17(23)21-10-12/h3-5,8,10H,6-7,9H2,1-2H3,(H,20,22)(H,21,23). The lowest BCUT2D eigenvalue weighted by atomic mass is 10.0. The van der Waals surface area contributed by atoms with E-state index in [0.29, 0.717) is 18.9 Å². The molecule has 0 saturated heterocycles. The van der Waals surface area contributed by atoms with Crippen molar-refractivity contribution in [3.8, 4) is 11.5 Å². The first kappa shape index (κ1) is 17.4. The molecule has 1 aromatic carbocycles. The van der Waals surface area contributed by atoms with Gasteiger partial charge < -0.3 is 19.8 Å². The van der Waals surface area contributed by atoms with Gasteiger partial charge in [-0.3, -0.25) is 9.59 Å². The van der Waals surface area contributed by atoms with E-state index in [2.05, 4.69) is 10.3 Å². The molecule has 0 aliphatic carbocycles. The van der Waals surface area contributed by atoms with Crippen LogP contribution in [0.4, 0.5) is 0 Å². The lowest BCUT2D eigenvalue weighted by molar-refractivity contribution is 0.0946. The van der Waals surface area contributed by atoms with Gasteiger partial charge in [0.1, 0.15) is 17.2 Å². The van der Waals surface area contributed by atoms with Crippen molar-refractivity contribution in [2.75, 3.05) is 13.2 Å². The molecular formula is C18H19ClN2O4. The predicted octanol–water partition coefficient (Wildman–Crippen LogP) is 2.55. The van der Waals surface area contributed by atoms with Crippen molar-refractivity contribution in [1.29, 1.82) is 0 Å². The van der Waals surface area contributed by atoms with Crippen LogP contribution in [0.15, 0.2) is 35.3 Å². The molecule has 1 aromatic heterocycles. The lowest BCUT2D eigenvalue weighted by Crippen LogP contribution is -2.29. The normalized spacial score (nSPS) is 14.5. The van der Waals surface area contributed by atoms with Crippen LogP contribution in [0.25, 0.3) is 0 Å². The molecule has 132 valence electrons. The van der Waals surface area contributed by atoms with Gasteiger partial charge in [0.25, 0.3) is 11.5 Å². The SMILES string of the molecule is CC1(C)Cc2cccc(OCCNC(=O)c3c[nH]c(=O)c(Cl)c3)c2O1. The van der Waals surface area contributed by atoms with Crippen LogP contribution in [0.5, 0.6) is 11.5 Å². The first-order valence-corrected chi connectivity index (χ1v) is 8.34. The zero-order valence-corrected chi connectivity index (χ0v) is 14.8. The maximum absolute atomic E-state index is 12.0. The molecule has 6 nitrogen and oxygen atoms in total. The first-order chi connectivity index (χ1) is 11.9. The van der Waals surface area contributed by atoms with E-state index in [1.807, 2.05) is 32.0 Å². The van der Waals surface area contributed by atoms with Gasteiger partial charge in [-0.15, -0.1) is 0 Å². The number of benzene rings is 1. The molecule has 1 amide bonds. The number of ether oxygens (including phenoxy) is 2. The Morgan fingerprint density at radius 1 is 1.44 bits per heavy atom. The number of aromatic nitrogens is 1. The smallest absolute Gasteiger partial charge is 0.266 e. The van der Waals surface area contributed by atoms with E-state index in [9.17, 15) is 9.59 Å². The quantitative estimate of drug-likeness (QED) is 0.801. The first-order valence-electron chi connectivity index (χ1n) is 7.96. The number of H-pyrrole nitrogens is 1. The van der Waals surface area contributed by atoms with Gasteiger partial charge in [-0.2, -0.15) is 0 Å². The number of hydrogen-bond donors (Lipinski definition) is 2. The minimum absolute atomic E-state index is 0.0245. The van der Waals surface area contributed by atoms with E-state index in [0.717, 1.165) is 17.7 Å². The number of aromatic amines is 1. The zero-order chi connectivity index (χ0) is 18.0. The molecule has 0 radical (unpaired) electrons. The van der Waals surface area contributed by atoms with Crippen molar-refractivity contribution in [2.45, 2.75) is 25.9 Å². The molecule has 25 heavy (non-hydrogen) atoms. The summed E-state index contributed by atoms with van der Waals surface area (Å²) in [5.41, 5.74) is 0.742. The summed E-state index contributed by atoms with van der Waals surface area (Å²) in [5, 5.41) is 2.69. The number of fused-ring (bicyclic) bond motifs is 1. The fraction of sp³-hybridized carbons (Fsp3) is 0.333. The molecule has 2 aromatic rings. The van der Waals surface area contributed by atoms with Crippen LogP contribution in [0.2, 0.25) is 5.02 Å². The Labute approximate surface area is 150 Å². The van der Waals surface area contributed by atoms with E-state index < -0.39 is 5.56 Å². The number of carbonyl (C=O) groups is 1. The second-order valence-corrected chi connectivity index (χ2v) is 6.86. The molecule has 1 aliphatic rings. The maximum atomic E-state index is 12.0. The summed E-state index contributed by atoms with van der Waals surface area (Å²) in [6.45, 7) is 4.67. The largest absolute Gasteiger partial charge is 0.488 e. The second kappa shape index (κ2) is 6.80. The number of carbonyl (C=O) groups excluding carboxylic acids is 1. The molecule has 0 atom stereocenters. The van der Waals surface area contributed by atoms with Crippen molar-refractivity contribution >= 4 is 17.5 Å². The summed E-state index contributed by atoms with van der Waals surface area (Å²) in [5.74, 6) is 1.10. The van der Waals surface area contributed by atoms with Crippen molar-refractivity contribution in [1.82, 2.24) is 10.3 Å². The highest BCUT2D eigenvalue weighted by molar-refractivity contribution is 6.30. The molecule has 0 bridgehead atoms. The second-order valence-electron chi connectivity index (χ2n) is 6.45. The Morgan fingerprint density at radius 2 is 2.24 bits per heavy atom. The van der Waals surface area contributed by atoms with E-state index in [-0.39, 0.29) is 22.1 Å². The van der Waals surface area contributed by atoms with Crippen LogP contribution in [-0.4, -0.2) is 29.6 Å². The molecule has 1 aliphatic heterocycles. The Morgan fingerprint density at radius 3 is 3.00 bits per heavy atom. The fourth-order valence-corrected chi connectivity index (χ4v) is 2.89. The monoisotopic (exact) mass is 362 g/mol. The van der Waals surface area contributed by atoms with Crippen molar-refractivity contribution in [3.05, 3.63) is 57.0 Å². The predicted molar refractivity (Wildman–Crippen MR) is 94.8 cm³/mol. The number of pyridine rings is 1. The fourth-order valence-electron chi connectivity index (χ4n) is 2.72. The van der Waals surface area contributed by atoms with Gasteiger partial charge in [0, 0.05) is 18.2 Å². The van der Waals surface area contributed by atoms with Crippen LogP contribution in [0, 0.1) is 0 Å². The molecule has 0 unspecified atom stereocenters. The third-order valence-electron chi connectivity index (χ3n) is 3.82. The van der Waals surface area contributed by atoms with Gasteiger partial charge in [0.15, 0.2) is 11.5 Å². The highest BCUT2D eigenvalue weighted by Crippen LogP contribution is 2.41. The summed E-state index contributed by atoms with van der Waals surface area (Å²) in [4.78, 5) is 25.6. The molecule has 0 fully saturated rings. The maximum Gasteiger partial charge on any atom is 0.266 e. The number of rotatable bonds is 5. The number of para-hydroxylation sites is 1. The Hall–Kier alpha value is -2.47. The van der Waals surface area contributed by atoms with Gasteiger partial charge in [0.05, 0.1) is 12.1 Å². The van der Waals surface area contributed by atoms with Crippen LogP contribution in [0.1, 0.15) is 29.8 Å². The number of halogens is 1.